The molecule has 1 N–H and O–H groups in total. The van der Waals surface area contributed by atoms with Gasteiger partial charge in [-0.15, -0.1) is 0 Å². The van der Waals surface area contributed by atoms with E-state index in [4.69, 9.17) is 0 Å². The van der Waals surface area contributed by atoms with E-state index < -0.39 is 0 Å². The molecule has 1 saturated carbocycles. The van der Waals surface area contributed by atoms with Gasteiger partial charge in [0.15, 0.2) is 0 Å². The van der Waals surface area contributed by atoms with Gasteiger partial charge in [-0.25, -0.2) is 4.98 Å². The highest BCUT2D eigenvalue weighted by molar-refractivity contribution is 5.92. The quantitative estimate of drug-likeness (QED) is 0.887. The zero-order chi connectivity index (χ0) is 19.2. The van der Waals surface area contributed by atoms with Gasteiger partial charge < -0.3 is 10.2 Å². The first-order chi connectivity index (χ1) is 12.8. The largest absolute Gasteiger partial charge is 0.370 e. The number of hydrogen-bond donors (Lipinski definition) is 1. The molecule has 1 aromatic heterocycles. The lowest BCUT2D eigenvalue weighted by atomic mass is 9.66. The van der Waals surface area contributed by atoms with Crippen molar-refractivity contribution in [2.75, 3.05) is 31.6 Å². The predicted molar refractivity (Wildman–Crippen MR) is 109 cm³/mol. The number of hydrogen-bond acceptors (Lipinski definition) is 4. The van der Waals surface area contributed by atoms with Crippen LogP contribution in [0.3, 0.4) is 0 Å². The first-order valence-corrected chi connectivity index (χ1v) is 10.5. The van der Waals surface area contributed by atoms with Gasteiger partial charge in [-0.2, -0.15) is 0 Å². The lowest BCUT2D eigenvalue weighted by Crippen LogP contribution is -2.50. The number of pyridine rings is 1. The number of amides is 1. The van der Waals surface area contributed by atoms with Crippen LogP contribution in [0.4, 0.5) is 5.69 Å². The average Bonchev–Trinajstić information content (AvgIpc) is 3.28. The van der Waals surface area contributed by atoms with Crippen molar-refractivity contribution in [1.82, 2.24) is 15.2 Å². The summed E-state index contributed by atoms with van der Waals surface area (Å²) >= 11 is 0. The molecule has 1 aliphatic carbocycles. The number of nitrogens with one attached hydrogen (secondary N) is 1. The number of fused-ring (bicyclic) bond motifs is 2. The number of nitrogens with zero attached hydrogens (tertiary/aromatic N) is 3. The third-order valence-corrected chi connectivity index (χ3v) is 7.63. The lowest BCUT2D eigenvalue weighted by Gasteiger charge is -2.46. The molecule has 0 spiro atoms. The Morgan fingerprint density at radius 3 is 2.48 bits per heavy atom. The number of anilines is 1. The molecular weight excluding hydrogens is 336 g/mol. The van der Waals surface area contributed by atoms with Gasteiger partial charge in [0.2, 0.25) is 0 Å². The van der Waals surface area contributed by atoms with Crippen LogP contribution in [0.5, 0.6) is 0 Å². The number of piperidine rings is 2. The average molecular weight is 371 g/mol. The maximum atomic E-state index is 11.7. The van der Waals surface area contributed by atoms with Gasteiger partial charge in [0.25, 0.3) is 5.91 Å². The summed E-state index contributed by atoms with van der Waals surface area (Å²) in [7, 11) is 1.64. The summed E-state index contributed by atoms with van der Waals surface area (Å²) in [5.74, 6) is -0.128. The van der Waals surface area contributed by atoms with Gasteiger partial charge in [0.05, 0.1) is 11.9 Å². The predicted octanol–water partition coefficient (Wildman–Crippen LogP) is 3.31. The molecule has 1 amide bonds. The fourth-order valence-electron chi connectivity index (χ4n) is 5.64. The zero-order valence-electron chi connectivity index (χ0n) is 17.3. The van der Waals surface area contributed by atoms with Gasteiger partial charge >= 0.3 is 0 Å². The molecule has 0 aromatic carbocycles. The van der Waals surface area contributed by atoms with E-state index in [1.165, 1.54) is 38.6 Å². The molecule has 1 aromatic rings. The molecule has 3 aliphatic rings. The highest BCUT2D eigenvalue weighted by Gasteiger charge is 2.56. The van der Waals surface area contributed by atoms with E-state index in [0.29, 0.717) is 16.5 Å². The summed E-state index contributed by atoms with van der Waals surface area (Å²) < 4.78 is 0. The standard InChI is InChI=1S/C22H34N4O/c1-21(2,3)22-10-7-17(13-22)26(15-22)16-8-11-25(12-9-16)18-5-6-19(24-14-18)20(27)23-4/h5-6,14,16-17H,7-13,15H2,1-4H3,(H,23,27). The highest BCUT2D eigenvalue weighted by Crippen LogP contribution is 2.58. The summed E-state index contributed by atoms with van der Waals surface area (Å²) in [4.78, 5) is 21.3. The second kappa shape index (κ2) is 6.77. The summed E-state index contributed by atoms with van der Waals surface area (Å²) in [6, 6.07) is 5.40. The van der Waals surface area contributed by atoms with E-state index in [1.54, 1.807) is 7.05 Å². The smallest absolute Gasteiger partial charge is 0.269 e. The van der Waals surface area contributed by atoms with Crippen LogP contribution in [0.1, 0.15) is 63.4 Å². The Morgan fingerprint density at radius 1 is 1.19 bits per heavy atom. The van der Waals surface area contributed by atoms with Crippen LogP contribution >= 0.6 is 0 Å². The molecule has 2 bridgehead atoms. The van der Waals surface area contributed by atoms with Crippen molar-refractivity contribution in [3.8, 4) is 0 Å². The second-order valence-electron chi connectivity index (χ2n) is 9.80. The molecule has 0 radical (unpaired) electrons. The fraction of sp³-hybridized carbons (Fsp3) is 0.727. The van der Waals surface area contributed by atoms with Crippen molar-refractivity contribution in [3.05, 3.63) is 24.0 Å². The molecule has 2 saturated heterocycles. The van der Waals surface area contributed by atoms with E-state index in [0.717, 1.165) is 30.9 Å². The Morgan fingerprint density at radius 2 is 1.93 bits per heavy atom. The van der Waals surface area contributed by atoms with Crippen LogP contribution in [0, 0.1) is 10.8 Å². The molecule has 2 atom stereocenters. The van der Waals surface area contributed by atoms with Crippen LogP contribution in [0.2, 0.25) is 0 Å². The number of aromatic nitrogens is 1. The lowest BCUT2D eigenvalue weighted by molar-refractivity contribution is 0.0461. The van der Waals surface area contributed by atoms with Gasteiger partial charge in [0, 0.05) is 38.8 Å². The van der Waals surface area contributed by atoms with Crippen LogP contribution < -0.4 is 10.2 Å². The van der Waals surface area contributed by atoms with Gasteiger partial charge in [-0.3, -0.25) is 9.69 Å². The topological polar surface area (TPSA) is 48.5 Å². The van der Waals surface area contributed by atoms with E-state index >= 15 is 0 Å². The third-order valence-electron chi connectivity index (χ3n) is 7.63. The second-order valence-corrected chi connectivity index (χ2v) is 9.80. The van der Waals surface area contributed by atoms with Crippen molar-refractivity contribution in [2.45, 2.75) is 65.0 Å². The van der Waals surface area contributed by atoms with Gasteiger partial charge in [-0.1, -0.05) is 20.8 Å². The van der Waals surface area contributed by atoms with E-state index in [1.807, 2.05) is 18.3 Å². The van der Waals surface area contributed by atoms with Gasteiger partial charge in [-0.05, 0) is 55.1 Å². The minimum Gasteiger partial charge on any atom is -0.370 e. The minimum absolute atomic E-state index is 0.128. The molecule has 27 heavy (non-hydrogen) atoms. The van der Waals surface area contributed by atoms with E-state index in [9.17, 15) is 4.79 Å². The molecule has 148 valence electrons. The number of rotatable bonds is 3. The summed E-state index contributed by atoms with van der Waals surface area (Å²) in [5, 5.41) is 2.62. The van der Waals surface area contributed by atoms with Crippen molar-refractivity contribution < 1.29 is 4.79 Å². The maximum absolute atomic E-state index is 11.7. The van der Waals surface area contributed by atoms with E-state index in [2.05, 4.69) is 40.9 Å². The summed E-state index contributed by atoms with van der Waals surface area (Å²) in [6.07, 6.45) is 8.52. The third kappa shape index (κ3) is 3.24. The van der Waals surface area contributed by atoms with Crippen molar-refractivity contribution in [1.29, 1.82) is 0 Å². The molecular formula is C22H34N4O. The van der Waals surface area contributed by atoms with Crippen LogP contribution in [0.25, 0.3) is 0 Å². The normalized spacial score (nSPS) is 29.3. The first kappa shape index (κ1) is 18.7. The fourth-order valence-corrected chi connectivity index (χ4v) is 5.64. The molecule has 4 rings (SSSR count). The van der Waals surface area contributed by atoms with Crippen molar-refractivity contribution in [3.63, 3.8) is 0 Å². The Hall–Kier alpha value is -1.62. The summed E-state index contributed by atoms with van der Waals surface area (Å²) in [6.45, 7) is 10.8. The molecule has 5 heteroatoms. The molecule has 3 fully saturated rings. The minimum atomic E-state index is -0.128. The number of carbonyl (C=O) groups is 1. The Balaban J connectivity index is 1.37. The molecule has 2 unspecified atom stereocenters. The Kier molecular flexibility index (Phi) is 4.69. The highest BCUT2D eigenvalue weighted by atomic mass is 16.1. The number of carbonyl (C=O) groups excluding carboxylic acids is 1. The van der Waals surface area contributed by atoms with Crippen molar-refractivity contribution in [2.24, 2.45) is 10.8 Å². The van der Waals surface area contributed by atoms with Crippen LogP contribution in [-0.4, -0.2) is 54.6 Å². The Labute approximate surface area is 163 Å². The maximum Gasteiger partial charge on any atom is 0.269 e. The van der Waals surface area contributed by atoms with Crippen LogP contribution in [-0.2, 0) is 0 Å². The Bertz CT molecular complexity index is 687. The van der Waals surface area contributed by atoms with Crippen LogP contribution in [0.15, 0.2) is 18.3 Å². The van der Waals surface area contributed by atoms with Gasteiger partial charge in [0.1, 0.15) is 5.69 Å². The number of likely N-dealkylation sites (tertiary alicyclic amines) is 1. The summed E-state index contributed by atoms with van der Waals surface area (Å²) in [5.41, 5.74) is 2.57. The molecule has 5 nitrogen and oxygen atoms in total. The molecule has 3 heterocycles. The zero-order valence-corrected chi connectivity index (χ0v) is 17.3. The first-order valence-electron chi connectivity index (χ1n) is 10.5. The van der Waals surface area contributed by atoms with Crippen molar-refractivity contribution >= 4 is 11.6 Å². The van der Waals surface area contributed by atoms with E-state index in [-0.39, 0.29) is 5.91 Å². The molecule has 2 aliphatic heterocycles. The SMILES string of the molecule is CNC(=O)c1ccc(N2CCC(N3CC4(C(C)(C)C)CCC3C4)CC2)cn1. The monoisotopic (exact) mass is 370 g/mol.